The number of likely N-dealkylation sites (tertiary alicyclic amines) is 1. The van der Waals surface area contributed by atoms with Gasteiger partial charge in [-0.25, -0.2) is 0 Å². The topological polar surface area (TPSA) is 25.2 Å². The molecule has 1 aliphatic heterocycles. The largest absolute Gasteiger partial charge is 0.314 e. The van der Waals surface area contributed by atoms with Crippen LogP contribution in [-0.2, 0) is 6.54 Å². The van der Waals surface area contributed by atoms with Crippen LogP contribution in [0.4, 0.5) is 0 Å². The van der Waals surface area contributed by atoms with Crippen LogP contribution >= 0.6 is 0 Å². The highest BCUT2D eigenvalue weighted by Crippen LogP contribution is 2.08. The number of nitrogens with zero attached hydrogens (tertiary/aromatic N) is 2. The van der Waals surface area contributed by atoms with E-state index < -0.39 is 0 Å². The number of piperidine rings is 1. The molecule has 16 heavy (non-hydrogen) atoms. The molecule has 1 fully saturated rings. The Bertz CT molecular complexity index is 391. The maximum atomic E-state index is 11.6. The van der Waals surface area contributed by atoms with Gasteiger partial charge in [-0.3, -0.25) is 4.79 Å². The van der Waals surface area contributed by atoms with Crippen LogP contribution in [0.15, 0.2) is 23.1 Å². The summed E-state index contributed by atoms with van der Waals surface area (Å²) in [7, 11) is 0. The summed E-state index contributed by atoms with van der Waals surface area (Å²) in [5.74, 6) is 0. The van der Waals surface area contributed by atoms with Crippen LogP contribution in [-0.4, -0.2) is 29.1 Å². The van der Waals surface area contributed by atoms with Gasteiger partial charge in [0.2, 0.25) is 0 Å². The number of aromatic nitrogens is 1. The Balaban J connectivity index is 1.93. The van der Waals surface area contributed by atoms with Crippen LogP contribution in [0.1, 0.15) is 24.8 Å². The van der Waals surface area contributed by atoms with E-state index >= 15 is 0 Å². The lowest BCUT2D eigenvalue weighted by atomic mass is 10.1. The highest BCUT2D eigenvalue weighted by Gasteiger charge is 2.09. The molecule has 1 aromatic rings. The third-order valence-corrected chi connectivity index (χ3v) is 3.24. The van der Waals surface area contributed by atoms with Gasteiger partial charge in [0.25, 0.3) is 5.56 Å². The summed E-state index contributed by atoms with van der Waals surface area (Å²) in [5.41, 5.74) is 1.26. The van der Waals surface area contributed by atoms with E-state index in [2.05, 4.69) is 4.90 Å². The molecular formula is C13H20N2O. The minimum absolute atomic E-state index is 0.114. The lowest BCUT2D eigenvalue weighted by Crippen LogP contribution is -2.34. The fraction of sp³-hybridized carbons (Fsp3) is 0.615. The van der Waals surface area contributed by atoms with Crippen LogP contribution in [0.25, 0.3) is 0 Å². The zero-order chi connectivity index (χ0) is 11.4. The maximum absolute atomic E-state index is 11.6. The second-order valence-corrected chi connectivity index (χ2v) is 4.64. The first-order chi connectivity index (χ1) is 7.75. The van der Waals surface area contributed by atoms with Crippen molar-refractivity contribution in [3.05, 3.63) is 34.2 Å². The van der Waals surface area contributed by atoms with Gasteiger partial charge in [0.1, 0.15) is 0 Å². The van der Waals surface area contributed by atoms with E-state index in [4.69, 9.17) is 0 Å². The molecule has 0 aromatic carbocycles. The van der Waals surface area contributed by atoms with Crippen molar-refractivity contribution < 1.29 is 0 Å². The molecule has 0 saturated carbocycles. The zero-order valence-corrected chi connectivity index (χ0v) is 9.98. The van der Waals surface area contributed by atoms with E-state index in [0.717, 1.165) is 18.7 Å². The maximum Gasteiger partial charge on any atom is 0.250 e. The van der Waals surface area contributed by atoms with Crippen LogP contribution < -0.4 is 5.56 Å². The zero-order valence-electron chi connectivity index (χ0n) is 9.98. The number of hydrogen-bond donors (Lipinski definition) is 0. The molecule has 0 bridgehead atoms. The molecule has 3 heteroatoms. The molecule has 0 aliphatic carbocycles. The third kappa shape index (κ3) is 2.95. The molecule has 0 atom stereocenters. The first kappa shape index (κ1) is 11.4. The molecular weight excluding hydrogens is 200 g/mol. The highest BCUT2D eigenvalue weighted by atomic mass is 16.1. The Labute approximate surface area is 96.7 Å². The van der Waals surface area contributed by atoms with Crippen molar-refractivity contribution >= 4 is 0 Å². The fourth-order valence-electron chi connectivity index (χ4n) is 2.26. The number of rotatable bonds is 3. The standard InChI is InChI=1S/C13H20N2O/c1-12-5-6-13(16)15(11-12)10-9-14-7-3-2-4-8-14/h5-6,11H,2-4,7-10H2,1H3. The van der Waals surface area contributed by atoms with Gasteiger partial charge < -0.3 is 9.47 Å². The number of pyridine rings is 1. The fourth-order valence-corrected chi connectivity index (χ4v) is 2.26. The average Bonchev–Trinajstić information content (AvgIpc) is 2.32. The predicted octanol–water partition coefficient (Wildman–Crippen LogP) is 1.64. The van der Waals surface area contributed by atoms with Crippen LogP contribution in [0.2, 0.25) is 0 Å². The van der Waals surface area contributed by atoms with Crippen LogP contribution in [0.3, 0.4) is 0 Å². The van der Waals surface area contributed by atoms with E-state index in [9.17, 15) is 4.79 Å². The van der Waals surface area contributed by atoms with Crippen molar-refractivity contribution in [3.63, 3.8) is 0 Å². The summed E-state index contributed by atoms with van der Waals surface area (Å²) >= 11 is 0. The minimum atomic E-state index is 0.114. The van der Waals surface area contributed by atoms with Gasteiger partial charge in [-0.15, -0.1) is 0 Å². The van der Waals surface area contributed by atoms with Crippen molar-refractivity contribution in [2.45, 2.75) is 32.7 Å². The van der Waals surface area contributed by atoms with Crippen molar-refractivity contribution in [2.75, 3.05) is 19.6 Å². The first-order valence-electron chi connectivity index (χ1n) is 6.15. The number of aryl methyl sites for hydroxylation is 1. The molecule has 2 heterocycles. The van der Waals surface area contributed by atoms with Gasteiger partial charge in [-0.1, -0.05) is 12.5 Å². The van der Waals surface area contributed by atoms with Crippen molar-refractivity contribution in [1.82, 2.24) is 9.47 Å². The van der Waals surface area contributed by atoms with E-state index in [1.165, 1.54) is 32.4 Å². The van der Waals surface area contributed by atoms with Crippen molar-refractivity contribution in [1.29, 1.82) is 0 Å². The van der Waals surface area contributed by atoms with Gasteiger partial charge in [-0.2, -0.15) is 0 Å². The summed E-state index contributed by atoms with van der Waals surface area (Å²) < 4.78 is 1.82. The molecule has 0 amide bonds. The van der Waals surface area contributed by atoms with Gasteiger partial charge >= 0.3 is 0 Å². The Kier molecular flexibility index (Phi) is 3.78. The average molecular weight is 220 g/mol. The Hall–Kier alpha value is -1.09. The van der Waals surface area contributed by atoms with Crippen LogP contribution in [0.5, 0.6) is 0 Å². The van der Waals surface area contributed by atoms with E-state index in [1.54, 1.807) is 6.07 Å². The monoisotopic (exact) mass is 220 g/mol. The summed E-state index contributed by atoms with van der Waals surface area (Å²) in [6.07, 6.45) is 5.93. The quantitative estimate of drug-likeness (QED) is 0.774. The first-order valence-corrected chi connectivity index (χ1v) is 6.15. The Morgan fingerprint density at radius 3 is 2.62 bits per heavy atom. The summed E-state index contributed by atoms with van der Waals surface area (Å²) in [5, 5.41) is 0. The molecule has 1 saturated heterocycles. The van der Waals surface area contributed by atoms with Crippen molar-refractivity contribution in [3.8, 4) is 0 Å². The molecule has 0 radical (unpaired) electrons. The summed E-state index contributed by atoms with van der Waals surface area (Å²) in [4.78, 5) is 14.0. The second-order valence-electron chi connectivity index (χ2n) is 4.64. The molecule has 2 rings (SSSR count). The van der Waals surface area contributed by atoms with E-state index in [0.29, 0.717) is 0 Å². The molecule has 0 spiro atoms. The normalized spacial score (nSPS) is 17.6. The Morgan fingerprint density at radius 2 is 1.88 bits per heavy atom. The minimum Gasteiger partial charge on any atom is -0.314 e. The van der Waals surface area contributed by atoms with Gasteiger partial charge in [0.15, 0.2) is 0 Å². The molecule has 1 aromatic heterocycles. The van der Waals surface area contributed by atoms with Gasteiger partial charge in [0, 0.05) is 25.4 Å². The SMILES string of the molecule is Cc1ccc(=O)n(CCN2CCCCC2)c1. The van der Waals surface area contributed by atoms with Crippen molar-refractivity contribution in [2.24, 2.45) is 0 Å². The molecule has 1 aliphatic rings. The highest BCUT2D eigenvalue weighted by molar-refractivity contribution is 5.07. The van der Waals surface area contributed by atoms with Gasteiger partial charge in [0.05, 0.1) is 0 Å². The second kappa shape index (κ2) is 5.30. The molecule has 88 valence electrons. The van der Waals surface area contributed by atoms with Crippen LogP contribution in [0, 0.1) is 6.92 Å². The molecule has 3 nitrogen and oxygen atoms in total. The lowest BCUT2D eigenvalue weighted by Gasteiger charge is -2.26. The Morgan fingerprint density at radius 1 is 1.12 bits per heavy atom. The van der Waals surface area contributed by atoms with Gasteiger partial charge in [-0.05, 0) is 38.4 Å². The summed E-state index contributed by atoms with van der Waals surface area (Å²) in [6, 6.07) is 3.53. The number of hydrogen-bond acceptors (Lipinski definition) is 2. The lowest BCUT2D eigenvalue weighted by molar-refractivity contribution is 0.220. The van der Waals surface area contributed by atoms with E-state index in [-0.39, 0.29) is 5.56 Å². The van der Waals surface area contributed by atoms with E-state index in [1.807, 2.05) is 23.8 Å². The molecule has 0 unspecified atom stereocenters. The third-order valence-electron chi connectivity index (χ3n) is 3.24. The molecule has 0 N–H and O–H groups in total. The predicted molar refractivity (Wildman–Crippen MR) is 65.7 cm³/mol. The summed E-state index contributed by atoms with van der Waals surface area (Å²) in [6.45, 7) is 6.24. The smallest absolute Gasteiger partial charge is 0.250 e.